The van der Waals surface area contributed by atoms with Crippen molar-refractivity contribution in [1.29, 1.82) is 0 Å². The van der Waals surface area contributed by atoms with Crippen molar-refractivity contribution in [2.75, 3.05) is 13.1 Å². The Morgan fingerprint density at radius 3 is 2.47 bits per heavy atom. The number of hydrogen-bond acceptors (Lipinski definition) is 2. The average Bonchev–Trinajstić information content (AvgIpc) is 2.39. The smallest absolute Gasteiger partial charge is 0.239 e. The van der Waals surface area contributed by atoms with E-state index >= 15 is 0 Å². The van der Waals surface area contributed by atoms with Gasteiger partial charge < -0.3 is 4.90 Å². The summed E-state index contributed by atoms with van der Waals surface area (Å²) in [6, 6.07) is 7.60. The van der Waals surface area contributed by atoms with Gasteiger partial charge in [-0.25, -0.2) is 0 Å². The molecule has 1 N–H and O–H groups in total. The van der Waals surface area contributed by atoms with Crippen LogP contribution in [0.1, 0.15) is 39.3 Å². The molecule has 0 aromatic heterocycles. The summed E-state index contributed by atoms with van der Waals surface area (Å²) in [4.78, 5) is 14.0. The highest BCUT2D eigenvalue weighted by atomic mass is 35.5. The number of likely N-dealkylation sites (N-methyl/N-ethyl adjacent to an activating group) is 1. The standard InChI is InChI=1S/C15H23ClN2O/c1-5-18(6-2)15(19)12(4)17-11(3)13-8-7-9-14(16)10-13/h7-12,17H,5-6H2,1-4H3/t11-,12?/m1/s1. The van der Waals surface area contributed by atoms with E-state index in [-0.39, 0.29) is 18.0 Å². The Labute approximate surface area is 120 Å². The van der Waals surface area contributed by atoms with E-state index in [1.807, 2.05) is 56.9 Å². The number of benzene rings is 1. The van der Waals surface area contributed by atoms with Crippen LogP contribution in [0.2, 0.25) is 5.02 Å². The van der Waals surface area contributed by atoms with Crippen LogP contribution in [0.3, 0.4) is 0 Å². The van der Waals surface area contributed by atoms with Crippen LogP contribution in [-0.2, 0) is 4.79 Å². The van der Waals surface area contributed by atoms with Gasteiger partial charge in [-0.15, -0.1) is 0 Å². The molecule has 0 aliphatic carbocycles. The summed E-state index contributed by atoms with van der Waals surface area (Å²) < 4.78 is 0. The molecular formula is C15H23ClN2O. The van der Waals surface area contributed by atoms with E-state index in [0.29, 0.717) is 5.02 Å². The predicted octanol–water partition coefficient (Wildman–Crippen LogP) is 3.25. The maximum atomic E-state index is 12.2. The molecular weight excluding hydrogens is 260 g/mol. The Hall–Kier alpha value is -1.06. The molecule has 0 fully saturated rings. The summed E-state index contributed by atoms with van der Waals surface area (Å²) in [5, 5.41) is 4.04. The monoisotopic (exact) mass is 282 g/mol. The van der Waals surface area contributed by atoms with Crippen molar-refractivity contribution in [2.24, 2.45) is 0 Å². The van der Waals surface area contributed by atoms with E-state index in [2.05, 4.69) is 5.32 Å². The Morgan fingerprint density at radius 2 is 1.95 bits per heavy atom. The summed E-state index contributed by atoms with van der Waals surface area (Å²) >= 11 is 5.98. The van der Waals surface area contributed by atoms with Gasteiger partial charge >= 0.3 is 0 Å². The maximum Gasteiger partial charge on any atom is 0.239 e. The first-order chi connectivity index (χ1) is 8.99. The zero-order valence-electron chi connectivity index (χ0n) is 12.1. The van der Waals surface area contributed by atoms with Crippen LogP contribution in [0, 0.1) is 0 Å². The summed E-state index contributed by atoms with van der Waals surface area (Å²) in [6.45, 7) is 9.42. The third-order valence-corrected chi connectivity index (χ3v) is 3.53. The number of halogens is 1. The number of rotatable bonds is 6. The van der Waals surface area contributed by atoms with Gasteiger partial charge in [0.2, 0.25) is 5.91 Å². The SMILES string of the molecule is CCN(CC)C(=O)C(C)N[C@H](C)c1cccc(Cl)c1. The zero-order valence-corrected chi connectivity index (χ0v) is 12.9. The van der Waals surface area contributed by atoms with Crippen molar-refractivity contribution in [2.45, 2.75) is 39.8 Å². The first-order valence-electron chi connectivity index (χ1n) is 6.79. The van der Waals surface area contributed by atoms with Crippen LogP contribution in [0.4, 0.5) is 0 Å². The van der Waals surface area contributed by atoms with E-state index in [1.165, 1.54) is 0 Å². The van der Waals surface area contributed by atoms with Crippen LogP contribution in [0.15, 0.2) is 24.3 Å². The second-order valence-electron chi connectivity index (χ2n) is 4.68. The van der Waals surface area contributed by atoms with Gasteiger partial charge in [0.25, 0.3) is 0 Å². The van der Waals surface area contributed by atoms with Crippen molar-refractivity contribution >= 4 is 17.5 Å². The topological polar surface area (TPSA) is 32.3 Å². The van der Waals surface area contributed by atoms with Gasteiger partial charge in [0.15, 0.2) is 0 Å². The van der Waals surface area contributed by atoms with Gasteiger partial charge in [-0.05, 0) is 45.4 Å². The largest absolute Gasteiger partial charge is 0.342 e. The van der Waals surface area contributed by atoms with E-state index in [4.69, 9.17) is 11.6 Å². The number of nitrogens with zero attached hydrogens (tertiary/aromatic N) is 1. The van der Waals surface area contributed by atoms with Gasteiger partial charge in [0, 0.05) is 24.2 Å². The lowest BCUT2D eigenvalue weighted by Gasteiger charge is -2.26. The van der Waals surface area contributed by atoms with Crippen molar-refractivity contribution in [3.63, 3.8) is 0 Å². The highest BCUT2D eigenvalue weighted by molar-refractivity contribution is 6.30. The molecule has 0 saturated carbocycles. The molecule has 0 aliphatic rings. The van der Waals surface area contributed by atoms with Crippen LogP contribution in [0.5, 0.6) is 0 Å². The number of hydrogen-bond donors (Lipinski definition) is 1. The van der Waals surface area contributed by atoms with Gasteiger partial charge in [-0.2, -0.15) is 0 Å². The first kappa shape index (κ1) is 16.0. The molecule has 0 heterocycles. The van der Waals surface area contributed by atoms with E-state index in [1.54, 1.807) is 0 Å². The summed E-state index contributed by atoms with van der Waals surface area (Å²) in [7, 11) is 0. The molecule has 106 valence electrons. The van der Waals surface area contributed by atoms with Crippen molar-refractivity contribution < 1.29 is 4.79 Å². The number of amides is 1. The second-order valence-corrected chi connectivity index (χ2v) is 5.11. The van der Waals surface area contributed by atoms with Crippen molar-refractivity contribution in [3.05, 3.63) is 34.9 Å². The molecule has 1 aromatic carbocycles. The van der Waals surface area contributed by atoms with Gasteiger partial charge in [0.1, 0.15) is 0 Å². The number of nitrogens with one attached hydrogen (secondary N) is 1. The minimum absolute atomic E-state index is 0.0909. The van der Waals surface area contributed by atoms with Crippen LogP contribution < -0.4 is 5.32 Å². The van der Waals surface area contributed by atoms with Crippen LogP contribution in [0.25, 0.3) is 0 Å². The highest BCUT2D eigenvalue weighted by Crippen LogP contribution is 2.18. The minimum Gasteiger partial charge on any atom is -0.342 e. The normalized spacial score (nSPS) is 13.9. The molecule has 4 heteroatoms. The van der Waals surface area contributed by atoms with Gasteiger partial charge in [-0.1, -0.05) is 23.7 Å². The highest BCUT2D eigenvalue weighted by Gasteiger charge is 2.20. The van der Waals surface area contributed by atoms with Gasteiger partial charge in [0.05, 0.1) is 6.04 Å². The maximum absolute atomic E-state index is 12.2. The van der Waals surface area contributed by atoms with E-state index in [0.717, 1.165) is 18.7 Å². The average molecular weight is 283 g/mol. The molecule has 1 aromatic rings. The minimum atomic E-state index is -0.200. The lowest BCUT2D eigenvalue weighted by Crippen LogP contribution is -2.45. The molecule has 19 heavy (non-hydrogen) atoms. The molecule has 1 amide bonds. The van der Waals surface area contributed by atoms with Crippen LogP contribution >= 0.6 is 11.6 Å². The molecule has 0 aliphatic heterocycles. The lowest BCUT2D eigenvalue weighted by molar-refractivity contribution is -0.132. The lowest BCUT2D eigenvalue weighted by atomic mass is 10.1. The summed E-state index contributed by atoms with van der Waals surface area (Å²) in [6.07, 6.45) is 0. The fraction of sp³-hybridized carbons (Fsp3) is 0.533. The fourth-order valence-electron chi connectivity index (χ4n) is 2.13. The van der Waals surface area contributed by atoms with Crippen LogP contribution in [-0.4, -0.2) is 29.9 Å². The molecule has 0 saturated heterocycles. The molecule has 2 atom stereocenters. The second kappa shape index (κ2) is 7.51. The first-order valence-corrected chi connectivity index (χ1v) is 7.17. The Kier molecular flexibility index (Phi) is 6.32. The molecule has 1 rings (SSSR count). The van der Waals surface area contributed by atoms with E-state index in [9.17, 15) is 4.79 Å². The Balaban J connectivity index is 2.66. The third-order valence-electron chi connectivity index (χ3n) is 3.29. The molecule has 0 radical (unpaired) electrons. The predicted molar refractivity (Wildman–Crippen MR) is 80.4 cm³/mol. The Morgan fingerprint density at radius 1 is 1.32 bits per heavy atom. The summed E-state index contributed by atoms with van der Waals surface area (Å²) in [5.74, 6) is 0.138. The molecule has 3 nitrogen and oxygen atoms in total. The van der Waals surface area contributed by atoms with Crippen molar-refractivity contribution in [1.82, 2.24) is 10.2 Å². The fourth-order valence-corrected chi connectivity index (χ4v) is 2.33. The number of carbonyl (C=O) groups excluding carboxylic acids is 1. The Bertz CT molecular complexity index is 418. The number of carbonyl (C=O) groups is 1. The molecule has 0 spiro atoms. The summed E-state index contributed by atoms with van der Waals surface area (Å²) in [5.41, 5.74) is 1.09. The van der Waals surface area contributed by atoms with E-state index < -0.39 is 0 Å². The van der Waals surface area contributed by atoms with Crippen molar-refractivity contribution in [3.8, 4) is 0 Å². The molecule has 0 bridgehead atoms. The zero-order chi connectivity index (χ0) is 14.4. The quantitative estimate of drug-likeness (QED) is 0.869. The molecule has 1 unspecified atom stereocenters. The van der Waals surface area contributed by atoms with Gasteiger partial charge in [-0.3, -0.25) is 10.1 Å². The third kappa shape index (κ3) is 4.51.